The highest BCUT2D eigenvalue weighted by atomic mass is 16.4. The van der Waals surface area contributed by atoms with Crippen molar-refractivity contribution >= 4 is 5.97 Å². The number of carboxylic acid groups (broad SMARTS) is 1. The van der Waals surface area contributed by atoms with Gasteiger partial charge in [0.25, 0.3) is 0 Å². The molecule has 0 rings (SSSR count). The highest BCUT2D eigenvalue weighted by Crippen LogP contribution is 2.03. The molecule has 15 heavy (non-hydrogen) atoms. The summed E-state index contributed by atoms with van der Waals surface area (Å²) in [4.78, 5) is 9.92. The quantitative estimate of drug-likeness (QED) is 0.609. The number of rotatable bonds is 7. The van der Waals surface area contributed by atoms with Gasteiger partial charge in [0.1, 0.15) is 0 Å². The van der Waals surface area contributed by atoms with Gasteiger partial charge >= 0.3 is 0 Å². The fraction of sp³-hybridized carbons (Fsp3) is 0.909. The maximum atomic E-state index is 9.92. The second kappa shape index (κ2) is 13.4. The molecule has 4 heteroatoms. The summed E-state index contributed by atoms with van der Waals surface area (Å²) in [7, 11) is 0. The molecule has 0 spiro atoms. The van der Waals surface area contributed by atoms with Crippen LogP contribution in [-0.2, 0) is 4.79 Å². The first kappa shape index (κ1) is 16.8. The Bertz CT molecular complexity index is 135. The van der Waals surface area contributed by atoms with Crippen molar-refractivity contribution in [3.8, 4) is 0 Å². The fourth-order valence-electron chi connectivity index (χ4n) is 0.873. The molecule has 0 saturated carbocycles. The van der Waals surface area contributed by atoms with E-state index in [0.717, 1.165) is 19.3 Å². The monoisotopic (exact) mass is 219 g/mol. The van der Waals surface area contributed by atoms with Crippen LogP contribution in [0.5, 0.6) is 0 Å². The lowest BCUT2D eigenvalue weighted by Crippen LogP contribution is -2.21. The lowest BCUT2D eigenvalue weighted by Gasteiger charge is -2.00. The molecule has 0 aliphatic rings. The van der Waals surface area contributed by atoms with Gasteiger partial charge in [-0.3, -0.25) is 0 Å². The Morgan fingerprint density at radius 1 is 1.27 bits per heavy atom. The van der Waals surface area contributed by atoms with Crippen LogP contribution < -0.4 is 5.11 Å². The first-order chi connectivity index (χ1) is 7.04. The lowest BCUT2D eigenvalue weighted by atomic mass is 10.1. The highest BCUT2D eigenvalue weighted by molar-refractivity contribution is 5.63. The van der Waals surface area contributed by atoms with E-state index in [2.05, 4.69) is 6.92 Å². The minimum Gasteiger partial charge on any atom is -0.550 e. The number of hydrogen-bond donors (Lipinski definition) is 2. The summed E-state index contributed by atoms with van der Waals surface area (Å²) in [5.41, 5.74) is 0. The largest absolute Gasteiger partial charge is 0.550 e. The second-order valence-electron chi connectivity index (χ2n) is 3.57. The molecule has 0 aromatic heterocycles. The number of aliphatic hydroxyl groups is 2. The molecule has 0 bridgehead atoms. The minimum absolute atomic E-state index is 0.139. The van der Waals surface area contributed by atoms with Crippen molar-refractivity contribution in [2.45, 2.75) is 58.5 Å². The van der Waals surface area contributed by atoms with Gasteiger partial charge in [-0.2, -0.15) is 0 Å². The van der Waals surface area contributed by atoms with Crippen LogP contribution >= 0.6 is 0 Å². The molecule has 0 heterocycles. The van der Waals surface area contributed by atoms with Gasteiger partial charge < -0.3 is 20.1 Å². The summed E-state index contributed by atoms with van der Waals surface area (Å²) in [6, 6.07) is 0. The Hall–Kier alpha value is -0.610. The Kier molecular flexibility index (Phi) is 15.0. The van der Waals surface area contributed by atoms with E-state index in [4.69, 9.17) is 10.2 Å². The van der Waals surface area contributed by atoms with Crippen molar-refractivity contribution in [1.82, 2.24) is 0 Å². The third-order valence-electron chi connectivity index (χ3n) is 1.75. The molecule has 0 saturated heterocycles. The number of carbonyl (C=O) groups excluding carboxylic acids is 1. The SMILES string of the molecule is CC(O)CO.CCCCCCCC(=O)[O-]. The molecule has 0 fully saturated rings. The van der Waals surface area contributed by atoms with Gasteiger partial charge in [0, 0.05) is 5.97 Å². The number of hydrogen-bond acceptors (Lipinski definition) is 4. The van der Waals surface area contributed by atoms with E-state index >= 15 is 0 Å². The Balaban J connectivity index is 0. The second-order valence-corrected chi connectivity index (χ2v) is 3.57. The van der Waals surface area contributed by atoms with Gasteiger partial charge in [0.2, 0.25) is 0 Å². The molecule has 0 aromatic rings. The minimum atomic E-state index is -0.920. The first-order valence-corrected chi connectivity index (χ1v) is 5.53. The van der Waals surface area contributed by atoms with Gasteiger partial charge in [-0.25, -0.2) is 0 Å². The Morgan fingerprint density at radius 2 is 1.73 bits per heavy atom. The normalized spacial score (nSPS) is 11.5. The molecule has 1 unspecified atom stereocenters. The maximum absolute atomic E-state index is 9.92. The Morgan fingerprint density at radius 3 is 2.07 bits per heavy atom. The van der Waals surface area contributed by atoms with Gasteiger partial charge in [-0.05, 0) is 19.8 Å². The van der Waals surface area contributed by atoms with Gasteiger partial charge in [-0.15, -0.1) is 0 Å². The molecule has 0 aliphatic heterocycles. The smallest absolute Gasteiger partial charge is 0.0742 e. The van der Waals surface area contributed by atoms with E-state index in [1.54, 1.807) is 0 Å². The van der Waals surface area contributed by atoms with Crippen LogP contribution in [0.15, 0.2) is 0 Å². The molecule has 0 radical (unpaired) electrons. The maximum Gasteiger partial charge on any atom is 0.0742 e. The number of aliphatic carboxylic acids is 1. The third kappa shape index (κ3) is 24.7. The molecule has 2 N–H and O–H groups in total. The number of carboxylic acids is 1. The summed E-state index contributed by atoms with van der Waals surface area (Å²) < 4.78 is 0. The molecular formula is C11H23O4-. The molecule has 0 aromatic carbocycles. The average molecular weight is 219 g/mol. The first-order valence-electron chi connectivity index (χ1n) is 5.53. The van der Waals surface area contributed by atoms with Gasteiger partial charge in [-0.1, -0.05) is 32.6 Å². The number of unbranched alkanes of at least 4 members (excludes halogenated alkanes) is 4. The molecule has 92 valence electrons. The van der Waals surface area contributed by atoms with Crippen LogP contribution in [0.25, 0.3) is 0 Å². The van der Waals surface area contributed by atoms with Crippen LogP contribution in [0.3, 0.4) is 0 Å². The zero-order chi connectivity index (χ0) is 12.1. The highest BCUT2D eigenvalue weighted by Gasteiger charge is 1.88. The number of aliphatic hydroxyl groups excluding tert-OH is 2. The summed E-state index contributed by atoms with van der Waals surface area (Å²) in [6.07, 6.45) is 5.05. The van der Waals surface area contributed by atoms with E-state index in [9.17, 15) is 9.90 Å². The fourth-order valence-corrected chi connectivity index (χ4v) is 0.873. The van der Waals surface area contributed by atoms with Crippen molar-refractivity contribution in [2.75, 3.05) is 6.61 Å². The van der Waals surface area contributed by atoms with Crippen LogP contribution in [0, 0.1) is 0 Å². The van der Waals surface area contributed by atoms with E-state index in [1.807, 2.05) is 0 Å². The lowest BCUT2D eigenvalue weighted by molar-refractivity contribution is -0.305. The van der Waals surface area contributed by atoms with Crippen LogP contribution in [-0.4, -0.2) is 28.9 Å². The topological polar surface area (TPSA) is 80.6 Å². The summed E-state index contributed by atoms with van der Waals surface area (Å²) >= 11 is 0. The van der Waals surface area contributed by atoms with Crippen LogP contribution in [0.2, 0.25) is 0 Å². The van der Waals surface area contributed by atoms with Crippen molar-refractivity contribution < 1.29 is 20.1 Å². The zero-order valence-corrected chi connectivity index (χ0v) is 9.74. The van der Waals surface area contributed by atoms with E-state index in [1.165, 1.54) is 19.8 Å². The van der Waals surface area contributed by atoms with Crippen molar-refractivity contribution in [1.29, 1.82) is 0 Å². The van der Waals surface area contributed by atoms with Gasteiger partial charge in [0.05, 0.1) is 12.7 Å². The van der Waals surface area contributed by atoms with Gasteiger partial charge in [0.15, 0.2) is 0 Å². The predicted octanol–water partition coefficient (Wildman–Crippen LogP) is 0.456. The van der Waals surface area contributed by atoms with Crippen molar-refractivity contribution in [2.24, 2.45) is 0 Å². The molecule has 4 nitrogen and oxygen atoms in total. The summed E-state index contributed by atoms with van der Waals surface area (Å²) in [5, 5.41) is 25.9. The Labute approximate surface area is 91.9 Å². The standard InChI is InChI=1S/C8H16O2.C3H8O2/c1-2-3-4-5-6-7-8(9)10;1-3(5)2-4/h2-7H2,1H3,(H,9,10);3-5H,2H2,1H3/p-1. The summed E-state index contributed by atoms with van der Waals surface area (Å²) in [5.74, 6) is -0.920. The van der Waals surface area contributed by atoms with E-state index < -0.39 is 12.1 Å². The van der Waals surface area contributed by atoms with Crippen molar-refractivity contribution in [3.05, 3.63) is 0 Å². The van der Waals surface area contributed by atoms with E-state index in [0.29, 0.717) is 0 Å². The summed E-state index contributed by atoms with van der Waals surface area (Å²) in [6.45, 7) is 3.53. The number of carbonyl (C=O) groups is 1. The zero-order valence-electron chi connectivity index (χ0n) is 9.74. The molecule has 0 amide bonds. The average Bonchev–Trinajstić information content (AvgIpc) is 2.18. The van der Waals surface area contributed by atoms with Crippen LogP contribution in [0.4, 0.5) is 0 Å². The molecular weight excluding hydrogens is 196 g/mol. The molecule has 0 aliphatic carbocycles. The van der Waals surface area contributed by atoms with Crippen molar-refractivity contribution in [3.63, 3.8) is 0 Å². The third-order valence-corrected chi connectivity index (χ3v) is 1.75. The van der Waals surface area contributed by atoms with Crippen LogP contribution in [0.1, 0.15) is 52.4 Å². The van der Waals surface area contributed by atoms with E-state index in [-0.39, 0.29) is 13.0 Å². The molecule has 1 atom stereocenters. The predicted molar refractivity (Wildman–Crippen MR) is 57.1 cm³/mol.